The van der Waals surface area contributed by atoms with Gasteiger partial charge in [-0.1, -0.05) is 102 Å². The van der Waals surface area contributed by atoms with Gasteiger partial charge in [0, 0.05) is 79.1 Å². The van der Waals surface area contributed by atoms with Crippen molar-refractivity contribution in [2.24, 2.45) is 59.0 Å². The smallest absolute Gasteiger partial charge is 0.302 e. The molecule has 0 aromatic carbocycles. The van der Waals surface area contributed by atoms with Crippen LogP contribution in [0, 0.1) is 53.3 Å². The molecule has 0 fully saturated rings. The van der Waals surface area contributed by atoms with Gasteiger partial charge in [-0.2, -0.15) is 0 Å². The highest BCUT2D eigenvalue weighted by Gasteiger charge is 2.43. The molecule has 11 atom stereocenters. The maximum Gasteiger partial charge on any atom is 0.302 e. The van der Waals surface area contributed by atoms with Gasteiger partial charge in [0.05, 0.1) is 36.1 Å². The quantitative estimate of drug-likeness (QED) is 0.0410. The number of nitrogens with one attached hydrogen (secondary N) is 3. The second-order valence-electron chi connectivity index (χ2n) is 23.6. The van der Waals surface area contributed by atoms with E-state index >= 15 is 0 Å². The molecule has 0 aliphatic heterocycles. The van der Waals surface area contributed by atoms with Crippen molar-refractivity contribution >= 4 is 64.5 Å². The zero-order valence-electron chi connectivity index (χ0n) is 51.3. The molecule has 0 aliphatic rings. The van der Waals surface area contributed by atoms with E-state index in [9.17, 15) is 52.7 Å². The van der Waals surface area contributed by atoms with E-state index in [1.165, 1.54) is 49.7 Å². The van der Waals surface area contributed by atoms with Crippen molar-refractivity contribution in [2.75, 3.05) is 28.2 Å². The molecule has 19 nitrogen and oxygen atoms in total. The van der Waals surface area contributed by atoms with Gasteiger partial charge in [0.1, 0.15) is 12.1 Å². The third-order valence-corrected chi connectivity index (χ3v) is 14.5. The number of carbonyl (C=O) groups is 11. The van der Waals surface area contributed by atoms with E-state index in [1.807, 2.05) is 74.5 Å². The third kappa shape index (κ3) is 24.0. The number of rotatable bonds is 37. The number of ether oxygens (including phenoxy) is 1. The Bertz CT molecular complexity index is 2050. The van der Waals surface area contributed by atoms with Crippen molar-refractivity contribution < 1.29 is 57.5 Å². The highest BCUT2D eigenvalue weighted by Crippen LogP contribution is 2.30. The fourth-order valence-electron chi connectivity index (χ4n) is 9.86. The first-order valence-corrected chi connectivity index (χ1v) is 28.4. The summed E-state index contributed by atoms with van der Waals surface area (Å²) in [6.45, 7) is 28.2. The average Bonchev–Trinajstić information content (AvgIpc) is 3.35. The van der Waals surface area contributed by atoms with Crippen LogP contribution in [0.5, 0.6) is 0 Å². The topological polar surface area (TPSA) is 269 Å². The van der Waals surface area contributed by atoms with Crippen LogP contribution in [0.15, 0.2) is 12.2 Å². The fraction of sp³-hybridized carbons (Fsp3) is 0.780. The van der Waals surface area contributed by atoms with E-state index in [0.29, 0.717) is 12.8 Å². The Morgan fingerprint density at radius 2 is 1.10 bits per heavy atom. The maximum atomic E-state index is 14.8. The molecule has 0 heterocycles. The lowest BCUT2D eigenvalue weighted by Gasteiger charge is -2.36. The number of nitrogens with two attached hydrogens (primary N) is 1. The molecule has 0 spiro atoms. The summed E-state index contributed by atoms with van der Waals surface area (Å²) >= 11 is 0. The molecule has 6 amide bonds. The first-order valence-electron chi connectivity index (χ1n) is 28.4. The first-order chi connectivity index (χ1) is 36.1. The molecule has 0 aromatic heterocycles. The first kappa shape index (κ1) is 72.7. The van der Waals surface area contributed by atoms with Crippen LogP contribution in [0.4, 0.5) is 0 Å². The summed E-state index contributed by atoms with van der Waals surface area (Å²) in [7, 11) is 5.96. The van der Waals surface area contributed by atoms with Crippen molar-refractivity contribution in [3.63, 3.8) is 0 Å². The van der Waals surface area contributed by atoms with Crippen molar-refractivity contribution in [3.05, 3.63) is 12.2 Å². The molecule has 0 radical (unpaired) electrons. The van der Waals surface area contributed by atoms with Gasteiger partial charge in [-0.25, -0.2) is 0 Å². The van der Waals surface area contributed by atoms with E-state index in [0.717, 1.165) is 0 Å². The Balaban J connectivity index is 6.89. The molecule has 446 valence electrons. The number of likely N-dealkylation sites (N-methyl/N-ethyl adjacent to an activating group) is 3. The summed E-state index contributed by atoms with van der Waals surface area (Å²) in [6.07, 6.45) is 2.80. The summed E-state index contributed by atoms with van der Waals surface area (Å²) in [6, 6.07) is -5.83. The molecule has 19 heteroatoms. The lowest BCUT2D eigenvalue weighted by molar-refractivity contribution is -0.157. The predicted molar refractivity (Wildman–Crippen MR) is 303 cm³/mol. The Morgan fingerprint density at radius 3 is 1.55 bits per heavy atom. The summed E-state index contributed by atoms with van der Waals surface area (Å²) < 4.78 is 5.81. The average molecular weight is 1100 g/mol. The van der Waals surface area contributed by atoms with E-state index in [-0.39, 0.29) is 92.0 Å². The number of ketones is 4. The Morgan fingerprint density at radius 1 is 0.590 bits per heavy atom. The van der Waals surface area contributed by atoms with E-state index in [2.05, 4.69) is 16.0 Å². The third-order valence-electron chi connectivity index (χ3n) is 14.5. The van der Waals surface area contributed by atoms with Crippen LogP contribution < -0.4 is 21.7 Å². The molecule has 0 aliphatic carbocycles. The SMILES string of the molecule is C/C=C/C[C@@H](C)[C@@H](OC(C)=O)[C@H](CC(=O)C(C(C)C)N(C)C(=O)[C@@H](CC(=O)[C@H](CC(C)C)N(C)C(=O)[C@@H](C)NC(=O)[C@H](C)CC(=O)[C@H](CC(C)C)N(C)C(=O)[C@@H](N)C(C)C)CC(C)C)C(=O)N[C@@H](CC)C(=O)CCC(=O)NC. The molecule has 78 heavy (non-hydrogen) atoms. The number of allylic oxidation sites excluding steroid dienone is 2. The zero-order chi connectivity index (χ0) is 60.6. The molecular formula is C59H103N7O12. The van der Waals surface area contributed by atoms with Gasteiger partial charge >= 0.3 is 5.97 Å². The molecule has 0 aromatic rings. The minimum Gasteiger partial charge on any atom is -0.461 e. The molecule has 0 bridgehead atoms. The summed E-state index contributed by atoms with van der Waals surface area (Å²) in [5.74, 6) is -9.63. The molecule has 1 unspecified atom stereocenters. The Kier molecular flexibility index (Phi) is 32.9. The predicted octanol–water partition coefficient (Wildman–Crippen LogP) is 6.02. The summed E-state index contributed by atoms with van der Waals surface area (Å²) in [4.78, 5) is 155. The van der Waals surface area contributed by atoms with Gasteiger partial charge in [-0.05, 0) is 81.5 Å². The largest absolute Gasteiger partial charge is 0.461 e. The number of esters is 1. The summed E-state index contributed by atoms with van der Waals surface area (Å²) in [5.41, 5.74) is 6.15. The van der Waals surface area contributed by atoms with E-state index in [1.54, 1.807) is 41.7 Å². The van der Waals surface area contributed by atoms with Gasteiger partial charge in [0.2, 0.25) is 35.4 Å². The van der Waals surface area contributed by atoms with Crippen LogP contribution in [0.2, 0.25) is 0 Å². The van der Waals surface area contributed by atoms with Gasteiger partial charge in [-0.15, -0.1) is 0 Å². The van der Waals surface area contributed by atoms with Crippen molar-refractivity contribution in [1.82, 2.24) is 30.7 Å². The van der Waals surface area contributed by atoms with E-state index < -0.39 is 120 Å². The van der Waals surface area contributed by atoms with Crippen LogP contribution in [0.1, 0.15) is 175 Å². The molecule has 5 N–H and O–H groups in total. The van der Waals surface area contributed by atoms with Crippen molar-refractivity contribution in [1.29, 1.82) is 0 Å². The van der Waals surface area contributed by atoms with Crippen LogP contribution >= 0.6 is 0 Å². The maximum absolute atomic E-state index is 14.8. The summed E-state index contributed by atoms with van der Waals surface area (Å²) in [5, 5.41) is 7.97. The standard InChI is InChI=1S/C59H103N7O12/c1-21-23-24-38(13)54(78-41(16)67)43(56(74)63-44(22-2)47(68)25-26-51(72)61-17)32-50(71)53(37(11)12)66(20)58(76)42(27-33(3)4)31-49(70)46(29-35(7)8)64(18)57(75)40(15)62-55(73)39(14)30-48(69)45(28-34(5)6)65(19)59(77)52(60)36(9)10/h21,23,33-40,42-46,52-54H,22,24-32,60H2,1-20H3,(H,61,72)(H,62,73)(H,63,74)/b23-21+/t38-,39-,40-,42-,43+,44+,45+,46+,52+,53?,54-/m1/s1. The van der Waals surface area contributed by atoms with Crippen molar-refractivity contribution in [2.45, 2.75) is 217 Å². The van der Waals surface area contributed by atoms with Gasteiger partial charge in [-0.3, -0.25) is 52.7 Å². The van der Waals surface area contributed by atoms with E-state index in [4.69, 9.17) is 10.5 Å². The lowest BCUT2D eigenvalue weighted by atomic mass is 9.82. The number of nitrogens with zero attached hydrogens (tertiary/aromatic N) is 3. The van der Waals surface area contributed by atoms with Crippen molar-refractivity contribution in [3.8, 4) is 0 Å². The highest BCUT2D eigenvalue weighted by molar-refractivity contribution is 5.98. The van der Waals surface area contributed by atoms with Crippen LogP contribution in [0.3, 0.4) is 0 Å². The van der Waals surface area contributed by atoms with Crippen LogP contribution in [-0.2, 0) is 57.5 Å². The highest BCUT2D eigenvalue weighted by atomic mass is 16.5. The number of hydrogen-bond donors (Lipinski definition) is 4. The van der Waals surface area contributed by atoms with Gasteiger partial charge < -0.3 is 41.1 Å². The van der Waals surface area contributed by atoms with Gasteiger partial charge in [0.15, 0.2) is 23.1 Å². The lowest BCUT2D eigenvalue weighted by Crippen LogP contribution is -2.54. The number of hydrogen-bond acceptors (Lipinski definition) is 13. The number of Topliss-reactive ketones (excluding diaryl/α,β-unsaturated/α-hetero) is 4. The molecule has 0 rings (SSSR count). The minimum absolute atomic E-state index is 0.0554. The Labute approximate surface area is 467 Å². The Hall–Kier alpha value is -5.33. The molecule has 0 saturated carbocycles. The monoisotopic (exact) mass is 1100 g/mol. The number of amides is 6. The van der Waals surface area contributed by atoms with Gasteiger partial charge in [0.25, 0.3) is 0 Å². The van der Waals surface area contributed by atoms with Crippen LogP contribution in [0.25, 0.3) is 0 Å². The zero-order valence-corrected chi connectivity index (χ0v) is 51.3. The van der Waals surface area contributed by atoms with Crippen LogP contribution in [-0.4, -0.2) is 150 Å². The normalized spacial score (nSPS) is 16.0. The fourth-order valence-corrected chi connectivity index (χ4v) is 9.86. The molecular weight excluding hydrogens is 999 g/mol. The second kappa shape index (κ2) is 35.3. The minimum atomic E-state index is -1.29. The second-order valence-corrected chi connectivity index (χ2v) is 23.6. The molecule has 0 saturated heterocycles. The number of carbonyl (C=O) groups excluding carboxylic acids is 11.